The number of anilines is 1. The van der Waals surface area contributed by atoms with E-state index in [0.29, 0.717) is 19.5 Å². The first-order chi connectivity index (χ1) is 9.56. The number of carboxylic acid groups (broad SMARTS) is 1. The lowest BCUT2D eigenvalue weighted by molar-refractivity contribution is -0.138. The Bertz CT molecular complexity index is 455. The predicted octanol–water partition coefficient (Wildman–Crippen LogP) is 1.29. The molecule has 1 aliphatic heterocycles. The summed E-state index contributed by atoms with van der Waals surface area (Å²) in [5.41, 5.74) is 0. The fraction of sp³-hybridized carbons (Fsp3) is 0.615. The van der Waals surface area contributed by atoms with E-state index in [0.717, 1.165) is 18.2 Å². The van der Waals surface area contributed by atoms with Crippen LogP contribution in [0, 0.1) is 5.92 Å². The van der Waals surface area contributed by atoms with Crippen molar-refractivity contribution in [3.05, 3.63) is 11.6 Å². The average molecular weight is 297 g/mol. The van der Waals surface area contributed by atoms with Gasteiger partial charge >= 0.3 is 5.97 Å². The minimum Gasteiger partial charge on any atom is -0.481 e. The summed E-state index contributed by atoms with van der Waals surface area (Å²) in [6.07, 6.45) is 2.14. The number of aromatic nitrogens is 1. The Kier molecular flexibility index (Phi) is 4.94. The molecule has 0 spiro atoms. The van der Waals surface area contributed by atoms with Crippen molar-refractivity contribution in [1.82, 2.24) is 9.88 Å². The van der Waals surface area contributed by atoms with E-state index >= 15 is 0 Å². The number of hydrogen-bond acceptors (Lipinski definition) is 5. The lowest BCUT2D eigenvalue weighted by Gasteiger charge is -2.35. The van der Waals surface area contributed by atoms with Crippen LogP contribution in [0.3, 0.4) is 0 Å². The molecule has 1 saturated heterocycles. The van der Waals surface area contributed by atoms with Crippen molar-refractivity contribution in [2.45, 2.75) is 19.8 Å². The van der Waals surface area contributed by atoms with Gasteiger partial charge in [0.15, 0.2) is 5.13 Å². The molecule has 1 amide bonds. The molecule has 0 radical (unpaired) electrons. The van der Waals surface area contributed by atoms with Gasteiger partial charge < -0.3 is 14.9 Å². The van der Waals surface area contributed by atoms with Crippen molar-refractivity contribution in [1.29, 1.82) is 0 Å². The standard InChI is InChI=1S/C13H19N3O3S/c1-10(9-12(18)19)8-11(17)15-3-5-16(6-4-15)13-14-2-7-20-13/h2,7,10H,3-6,8-9H2,1H3,(H,18,19). The molecule has 1 fully saturated rings. The molecule has 7 heteroatoms. The minimum atomic E-state index is -0.848. The molecule has 6 nitrogen and oxygen atoms in total. The Labute approximate surface area is 122 Å². The van der Waals surface area contributed by atoms with E-state index in [4.69, 9.17) is 5.11 Å². The number of amides is 1. The van der Waals surface area contributed by atoms with Crippen LogP contribution in [-0.2, 0) is 9.59 Å². The topological polar surface area (TPSA) is 73.7 Å². The normalized spacial score (nSPS) is 17.1. The highest BCUT2D eigenvalue weighted by Crippen LogP contribution is 2.19. The van der Waals surface area contributed by atoms with Crippen LogP contribution in [0.5, 0.6) is 0 Å². The zero-order valence-corrected chi connectivity index (χ0v) is 12.3. The van der Waals surface area contributed by atoms with Crippen molar-refractivity contribution >= 4 is 28.3 Å². The second-order valence-electron chi connectivity index (χ2n) is 5.09. The molecule has 2 rings (SSSR count). The fourth-order valence-corrected chi connectivity index (χ4v) is 3.01. The lowest BCUT2D eigenvalue weighted by atomic mass is 10.0. The van der Waals surface area contributed by atoms with Crippen LogP contribution in [0.4, 0.5) is 5.13 Å². The van der Waals surface area contributed by atoms with Crippen molar-refractivity contribution in [3.63, 3.8) is 0 Å². The number of carboxylic acids is 1. The molecule has 0 bridgehead atoms. The first kappa shape index (κ1) is 14.8. The molecule has 1 N–H and O–H groups in total. The molecule has 110 valence electrons. The number of rotatable bonds is 5. The molecule has 1 atom stereocenters. The van der Waals surface area contributed by atoms with Crippen molar-refractivity contribution in [2.24, 2.45) is 5.92 Å². The van der Waals surface area contributed by atoms with Gasteiger partial charge in [-0.2, -0.15) is 0 Å². The van der Waals surface area contributed by atoms with Crippen LogP contribution >= 0.6 is 11.3 Å². The van der Waals surface area contributed by atoms with E-state index in [1.807, 2.05) is 10.3 Å². The quantitative estimate of drug-likeness (QED) is 0.886. The first-order valence-corrected chi connectivity index (χ1v) is 7.58. The van der Waals surface area contributed by atoms with Crippen LogP contribution in [0.25, 0.3) is 0 Å². The highest BCUT2D eigenvalue weighted by Gasteiger charge is 2.23. The van der Waals surface area contributed by atoms with Gasteiger partial charge in [-0.25, -0.2) is 4.98 Å². The summed E-state index contributed by atoms with van der Waals surface area (Å²) in [4.78, 5) is 31.0. The molecule has 1 aromatic heterocycles. The maximum absolute atomic E-state index is 12.1. The highest BCUT2D eigenvalue weighted by atomic mass is 32.1. The number of aliphatic carboxylic acids is 1. The summed E-state index contributed by atoms with van der Waals surface area (Å²) in [6, 6.07) is 0. The van der Waals surface area contributed by atoms with Crippen LogP contribution < -0.4 is 4.90 Å². The maximum Gasteiger partial charge on any atom is 0.303 e. The average Bonchev–Trinajstić information content (AvgIpc) is 2.91. The third-order valence-electron chi connectivity index (χ3n) is 3.37. The van der Waals surface area contributed by atoms with Gasteiger partial charge in [-0.3, -0.25) is 9.59 Å². The molecule has 20 heavy (non-hydrogen) atoms. The summed E-state index contributed by atoms with van der Waals surface area (Å²) in [6.45, 7) is 4.73. The lowest BCUT2D eigenvalue weighted by Crippen LogP contribution is -2.49. The van der Waals surface area contributed by atoms with Crippen LogP contribution in [-0.4, -0.2) is 53.0 Å². The molecular formula is C13H19N3O3S. The van der Waals surface area contributed by atoms with Crippen LogP contribution in [0.1, 0.15) is 19.8 Å². The fourth-order valence-electron chi connectivity index (χ4n) is 2.32. The number of carbonyl (C=O) groups excluding carboxylic acids is 1. The van der Waals surface area contributed by atoms with Gasteiger partial charge in [0.1, 0.15) is 0 Å². The van der Waals surface area contributed by atoms with E-state index in [1.54, 1.807) is 24.5 Å². The van der Waals surface area contributed by atoms with Gasteiger partial charge in [-0.05, 0) is 5.92 Å². The first-order valence-electron chi connectivity index (χ1n) is 6.70. The SMILES string of the molecule is CC(CC(=O)O)CC(=O)N1CCN(c2nccs2)CC1. The Morgan fingerprint density at radius 1 is 1.35 bits per heavy atom. The van der Waals surface area contributed by atoms with E-state index in [9.17, 15) is 9.59 Å². The molecule has 1 aromatic rings. The molecule has 1 unspecified atom stereocenters. The van der Waals surface area contributed by atoms with Gasteiger partial charge in [-0.1, -0.05) is 6.92 Å². The van der Waals surface area contributed by atoms with E-state index in [1.165, 1.54) is 0 Å². The number of piperazine rings is 1. The summed E-state index contributed by atoms with van der Waals surface area (Å²) in [5, 5.41) is 11.7. The van der Waals surface area contributed by atoms with Crippen molar-refractivity contribution < 1.29 is 14.7 Å². The van der Waals surface area contributed by atoms with E-state index < -0.39 is 5.97 Å². The Hall–Kier alpha value is -1.63. The largest absolute Gasteiger partial charge is 0.481 e. The smallest absolute Gasteiger partial charge is 0.303 e. The molecule has 0 aromatic carbocycles. The molecular weight excluding hydrogens is 278 g/mol. The summed E-state index contributed by atoms with van der Waals surface area (Å²) >= 11 is 1.60. The second kappa shape index (κ2) is 6.69. The minimum absolute atomic E-state index is 0.0464. The maximum atomic E-state index is 12.1. The number of hydrogen-bond donors (Lipinski definition) is 1. The molecule has 0 aliphatic carbocycles. The third kappa shape index (κ3) is 3.93. The second-order valence-corrected chi connectivity index (χ2v) is 5.96. The van der Waals surface area contributed by atoms with Gasteiger partial charge in [0.2, 0.25) is 5.91 Å². The number of thiazole rings is 1. The van der Waals surface area contributed by atoms with Crippen LogP contribution in [0.2, 0.25) is 0 Å². The molecule has 0 saturated carbocycles. The zero-order chi connectivity index (χ0) is 14.5. The number of carbonyl (C=O) groups is 2. The number of nitrogens with zero attached hydrogens (tertiary/aromatic N) is 3. The van der Waals surface area contributed by atoms with E-state index in [-0.39, 0.29) is 18.2 Å². The summed E-state index contributed by atoms with van der Waals surface area (Å²) in [5.74, 6) is -0.909. The zero-order valence-electron chi connectivity index (χ0n) is 11.5. The third-order valence-corrected chi connectivity index (χ3v) is 4.20. The Balaban J connectivity index is 1.78. The monoisotopic (exact) mass is 297 g/mol. The van der Waals surface area contributed by atoms with Gasteiger partial charge in [0.25, 0.3) is 0 Å². The highest BCUT2D eigenvalue weighted by molar-refractivity contribution is 7.13. The Morgan fingerprint density at radius 2 is 2.05 bits per heavy atom. The molecule has 2 heterocycles. The molecule has 1 aliphatic rings. The Morgan fingerprint density at radius 3 is 2.60 bits per heavy atom. The van der Waals surface area contributed by atoms with Crippen molar-refractivity contribution in [3.8, 4) is 0 Å². The van der Waals surface area contributed by atoms with Gasteiger partial charge in [0, 0.05) is 50.6 Å². The van der Waals surface area contributed by atoms with Gasteiger partial charge in [-0.15, -0.1) is 11.3 Å². The van der Waals surface area contributed by atoms with Crippen LogP contribution in [0.15, 0.2) is 11.6 Å². The van der Waals surface area contributed by atoms with Crippen molar-refractivity contribution in [2.75, 3.05) is 31.1 Å². The van der Waals surface area contributed by atoms with E-state index in [2.05, 4.69) is 9.88 Å². The predicted molar refractivity (Wildman–Crippen MR) is 76.9 cm³/mol. The summed E-state index contributed by atoms with van der Waals surface area (Å²) in [7, 11) is 0. The van der Waals surface area contributed by atoms with Gasteiger partial charge in [0.05, 0.1) is 0 Å². The summed E-state index contributed by atoms with van der Waals surface area (Å²) < 4.78 is 0.